The van der Waals surface area contributed by atoms with Crippen LogP contribution in [0.25, 0.3) is 0 Å². The van der Waals surface area contributed by atoms with Crippen LogP contribution in [0.15, 0.2) is 78.9 Å². The second kappa shape index (κ2) is 9.62. The van der Waals surface area contributed by atoms with Crippen molar-refractivity contribution in [3.05, 3.63) is 101 Å². The van der Waals surface area contributed by atoms with Crippen LogP contribution in [0, 0.1) is 5.92 Å². The predicted octanol–water partition coefficient (Wildman–Crippen LogP) is 5.42. The number of ketones is 1. The van der Waals surface area contributed by atoms with Crippen LogP contribution in [0.4, 0.5) is 0 Å². The molecule has 1 unspecified atom stereocenters. The Morgan fingerprint density at radius 2 is 1.58 bits per heavy atom. The summed E-state index contributed by atoms with van der Waals surface area (Å²) in [4.78, 5) is 28.3. The zero-order valence-corrected chi connectivity index (χ0v) is 18.8. The minimum atomic E-state index is -0.554. The van der Waals surface area contributed by atoms with E-state index in [1.807, 2.05) is 59.5 Å². The Balaban J connectivity index is 1.20. The molecule has 5 rings (SSSR count). The van der Waals surface area contributed by atoms with Crippen LogP contribution in [-0.2, 0) is 17.8 Å². The summed E-state index contributed by atoms with van der Waals surface area (Å²) >= 11 is 0. The summed E-state index contributed by atoms with van der Waals surface area (Å²) < 4.78 is 5.92. The largest absolute Gasteiger partial charge is 0.489 e. The van der Waals surface area contributed by atoms with Gasteiger partial charge in [0, 0.05) is 18.7 Å². The van der Waals surface area contributed by atoms with E-state index in [-0.39, 0.29) is 11.7 Å². The highest BCUT2D eigenvalue weighted by Crippen LogP contribution is 2.33. The summed E-state index contributed by atoms with van der Waals surface area (Å²) in [7, 11) is 0. The zero-order valence-electron chi connectivity index (χ0n) is 18.8. The smallest absolute Gasteiger partial charge is 0.233 e. The fourth-order valence-electron chi connectivity index (χ4n) is 5.08. The average Bonchev–Trinajstić information content (AvgIpc) is 2.88. The molecule has 1 fully saturated rings. The lowest BCUT2D eigenvalue weighted by Crippen LogP contribution is -2.44. The Labute approximate surface area is 195 Å². The molecule has 33 heavy (non-hydrogen) atoms. The van der Waals surface area contributed by atoms with Crippen molar-refractivity contribution >= 4 is 11.7 Å². The number of Topliss-reactive ketones (excluding diaryl/α,β-unsaturated/α-hetero) is 1. The van der Waals surface area contributed by atoms with Crippen molar-refractivity contribution in [2.45, 2.75) is 38.2 Å². The van der Waals surface area contributed by atoms with Gasteiger partial charge in [-0.2, -0.15) is 0 Å². The van der Waals surface area contributed by atoms with Crippen molar-refractivity contribution in [2.24, 2.45) is 5.92 Å². The molecule has 0 N–H and O–H groups in total. The standard InChI is InChI=1S/C29H29NO3/c31-28-26-14-12-25(33-20-21-7-3-1-4-8-21)19-24(26)11-13-27(28)29(32)30-17-15-23(16-18-30)22-9-5-2-6-10-22/h1-10,12,14,19,23,27H,11,13,15-18,20H2. The maximum absolute atomic E-state index is 13.2. The fraction of sp³-hybridized carbons (Fsp3) is 0.310. The molecule has 1 atom stereocenters. The van der Waals surface area contributed by atoms with Gasteiger partial charge in [-0.25, -0.2) is 0 Å². The van der Waals surface area contributed by atoms with Gasteiger partial charge in [0.2, 0.25) is 5.91 Å². The maximum Gasteiger partial charge on any atom is 0.233 e. The van der Waals surface area contributed by atoms with E-state index in [2.05, 4.69) is 24.3 Å². The first-order chi connectivity index (χ1) is 16.2. The SMILES string of the molecule is O=C1c2ccc(OCc3ccccc3)cc2CCC1C(=O)N1CCC(c2ccccc2)CC1. The summed E-state index contributed by atoms with van der Waals surface area (Å²) in [5.41, 5.74) is 4.11. The summed E-state index contributed by atoms with van der Waals surface area (Å²) in [5, 5.41) is 0. The first-order valence-corrected chi connectivity index (χ1v) is 11.9. The Morgan fingerprint density at radius 1 is 0.879 bits per heavy atom. The highest BCUT2D eigenvalue weighted by Gasteiger charge is 2.36. The number of hydrogen-bond acceptors (Lipinski definition) is 3. The quantitative estimate of drug-likeness (QED) is 0.499. The Bertz CT molecular complexity index is 1120. The van der Waals surface area contributed by atoms with E-state index >= 15 is 0 Å². The number of aryl methyl sites for hydroxylation is 1. The van der Waals surface area contributed by atoms with Gasteiger partial charge in [-0.15, -0.1) is 0 Å². The third-order valence-electron chi connectivity index (χ3n) is 6.99. The third-order valence-corrected chi connectivity index (χ3v) is 6.99. The lowest BCUT2D eigenvalue weighted by atomic mass is 9.81. The second-order valence-corrected chi connectivity index (χ2v) is 9.06. The number of rotatable bonds is 5. The number of piperidine rings is 1. The number of nitrogens with zero attached hydrogens (tertiary/aromatic N) is 1. The van der Waals surface area contributed by atoms with Gasteiger partial charge in [-0.3, -0.25) is 9.59 Å². The summed E-state index contributed by atoms with van der Waals surface area (Å²) in [6.07, 6.45) is 3.21. The summed E-state index contributed by atoms with van der Waals surface area (Å²) in [6, 6.07) is 26.2. The molecule has 0 saturated carbocycles. The van der Waals surface area contributed by atoms with E-state index < -0.39 is 5.92 Å². The third kappa shape index (κ3) is 4.70. The molecule has 0 aromatic heterocycles. The van der Waals surface area contributed by atoms with E-state index in [1.165, 1.54) is 5.56 Å². The van der Waals surface area contributed by atoms with E-state index in [9.17, 15) is 9.59 Å². The Kier molecular flexibility index (Phi) is 6.25. The summed E-state index contributed by atoms with van der Waals surface area (Å²) in [5.74, 6) is 0.662. The van der Waals surface area contributed by atoms with Crippen LogP contribution in [0.3, 0.4) is 0 Å². The number of ether oxygens (including phenoxy) is 1. The number of carbonyl (C=O) groups is 2. The van der Waals surface area contributed by atoms with Crippen molar-refractivity contribution in [3.63, 3.8) is 0 Å². The molecule has 0 radical (unpaired) electrons. The Morgan fingerprint density at radius 3 is 2.30 bits per heavy atom. The van der Waals surface area contributed by atoms with Crippen LogP contribution in [0.1, 0.15) is 52.2 Å². The number of hydrogen-bond donors (Lipinski definition) is 0. The number of amides is 1. The van der Waals surface area contributed by atoms with Crippen LogP contribution < -0.4 is 4.74 Å². The van der Waals surface area contributed by atoms with Gasteiger partial charge in [0.25, 0.3) is 0 Å². The molecule has 4 nitrogen and oxygen atoms in total. The monoisotopic (exact) mass is 439 g/mol. The molecule has 1 aliphatic heterocycles. The van der Waals surface area contributed by atoms with Gasteiger partial charge in [0.1, 0.15) is 18.3 Å². The molecule has 1 heterocycles. The van der Waals surface area contributed by atoms with Gasteiger partial charge >= 0.3 is 0 Å². The van der Waals surface area contributed by atoms with Gasteiger partial charge in [0.05, 0.1) is 0 Å². The van der Waals surface area contributed by atoms with Crippen LogP contribution in [0.2, 0.25) is 0 Å². The number of benzene rings is 3. The predicted molar refractivity (Wildman–Crippen MR) is 128 cm³/mol. The van der Waals surface area contributed by atoms with Gasteiger partial charge < -0.3 is 9.64 Å². The number of carbonyl (C=O) groups excluding carboxylic acids is 2. The number of fused-ring (bicyclic) bond motifs is 1. The molecule has 3 aromatic carbocycles. The van der Waals surface area contributed by atoms with Crippen molar-refractivity contribution in [1.29, 1.82) is 0 Å². The molecule has 1 aliphatic carbocycles. The van der Waals surface area contributed by atoms with Crippen molar-refractivity contribution in [3.8, 4) is 5.75 Å². The van der Waals surface area contributed by atoms with Crippen molar-refractivity contribution in [2.75, 3.05) is 13.1 Å². The minimum Gasteiger partial charge on any atom is -0.489 e. The van der Waals surface area contributed by atoms with Gasteiger partial charge in [0.15, 0.2) is 5.78 Å². The molecule has 2 aliphatic rings. The molecular weight excluding hydrogens is 410 g/mol. The van der Waals surface area contributed by atoms with Crippen molar-refractivity contribution in [1.82, 2.24) is 4.90 Å². The average molecular weight is 440 g/mol. The second-order valence-electron chi connectivity index (χ2n) is 9.06. The number of likely N-dealkylation sites (tertiary alicyclic amines) is 1. The van der Waals surface area contributed by atoms with Gasteiger partial charge in [-0.05, 0) is 66.5 Å². The highest BCUT2D eigenvalue weighted by molar-refractivity contribution is 6.11. The van der Waals surface area contributed by atoms with Crippen LogP contribution in [0.5, 0.6) is 5.75 Å². The molecular formula is C29H29NO3. The molecule has 1 amide bonds. The van der Waals surface area contributed by atoms with E-state index in [0.717, 1.165) is 49.2 Å². The lowest BCUT2D eigenvalue weighted by molar-refractivity contribution is -0.135. The van der Waals surface area contributed by atoms with Crippen LogP contribution >= 0.6 is 0 Å². The van der Waals surface area contributed by atoms with E-state index in [0.29, 0.717) is 24.5 Å². The molecule has 0 spiro atoms. The van der Waals surface area contributed by atoms with E-state index in [4.69, 9.17) is 4.74 Å². The molecule has 4 heteroatoms. The minimum absolute atomic E-state index is 0.00145. The lowest BCUT2D eigenvalue weighted by Gasteiger charge is -2.35. The first-order valence-electron chi connectivity index (χ1n) is 11.9. The zero-order chi connectivity index (χ0) is 22.6. The maximum atomic E-state index is 13.2. The highest BCUT2D eigenvalue weighted by atomic mass is 16.5. The van der Waals surface area contributed by atoms with Gasteiger partial charge in [-0.1, -0.05) is 60.7 Å². The molecule has 0 bridgehead atoms. The first kappa shape index (κ1) is 21.4. The van der Waals surface area contributed by atoms with E-state index in [1.54, 1.807) is 0 Å². The topological polar surface area (TPSA) is 46.6 Å². The molecule has 1 saturated heterocycles. The fourth-order valence-corrected chi connectivity index (χ4v) is 5.08. The Hall–Kier alpha value is -3.40. The van der Waals surface area contributed by atoms with Crippen LogP contribution in [-0.4, -0.2) is 29.7 Å². The normalized spacial score (nSPS) is 18.6. The molecule has 168 valence electrons. The van der Waals surface area contributed by atoms with Crippen molar-refractivity contribution < 1.29 is 14.3 Å². The molecule has 3 aromatic rings. The summed E-state index contributed by atoms with van der Waals surface area (Å²) in [6.45, 7) is 1.94.